The number of hydrogen-bond acceptors (Lipinski definition) is 8. The Kier molecular flexibility index (Phi) is 7.83. The molecule has 2 aromatic rings. The minimum atomic E-state index is -1.13. The summed E-state index contributed by atoms with van der Waals surface area (Å²) < 4.78 is 27.5. The van der Waals surface area contributed by atoms with Gasteiger partial charge in [0, 0.05) is 20.8 Å². The molecule has 32 heavy (non-hydrogen) atoms. The molecule has 0 bridgehead atoms. The summed E-state index contributed by atoms with van der Waals surface area (Å²) in [5.41, 5.74) is 2.28. The average Bonchev–Trinajstić information content (AvgIpc) is 2.73. The smallest absolute Gasteiger partial charge is 0.303 e. The first-order chi connectivity index (χ1) is 15.3. The Morgan fingerprint density at radius 3 is 1.94 bits per heavy atom. The Hall–Kier alpha value is -3.39. The van der Waals surface area contributed by atoms with Crippen LogP contribution < -0.4 is 4.74 Å². The molecule has 0 spiro atoms. The molecule has 0 saturated carbocycles. The fourth-order valence-electron chi connectivity index (χ4n) is 3.46. The molecule has 8 heteroatoms. The molecule has 0 radical (unpaired) electrons. The minimum Gasteiger partial charge on any atom is -0.461 e. The number of carbonyl (C=O) groups excluding carboxylic acids is 3. The summed E-state index contributed by atoms with van der Waals surface area (Å²) in [6.45, 7) is 3.57. The highest BCUT2D eigenvalue weighted by Gasteiger charge is 2.48. The standard InChI is InChI=1S/C24H26O8/c1-15(25)29-21-14-28-24(23(31-17(3)27)22(21)30-16(2)26)32-20-11-9-19(10-12-20)13-18-7-5-4-6-8-18/h4-12,21-24H,13-14H2,1-3H3/t21-,22+,23-,24+/m1/s1. The first kappa shape index (κ1) is 23.3. The first-order valence-corrected chi connectivity index (χ1v) is 10.2. The highest BCUT2D eigenvalue weighted by Crippen LogP contribution is 2.27. The largest absolute Gasteiger partial charge is 0.461 e. The SMILES string of the molecule is CC(=O)O[C@@H]1[C@@H](OC(C)=O)[C@H](Oc2ccc(Cc3ccccc3)cc2)OC[C@H]1OC(C)=O. The normalized spacial score (nSPS) is 22.5. The zero-order valence-electron chi connectivity index (χ0n) is 18.2. The van der Waals surface area contributed by atoms with Crippen LogP contribution in [0.1, 0.15) is 31.9 Å². The monoisotopic (exact) mass is 442 g/mol. The lowest BCUT2D eigenvalue weighted by atomic mass is 10.0. The van der Waals surface area contributed by atoms with Crippen LogP contribution in [0, 0.1) is 0 Å². The number of ether oxygens (including phenoxy) is 5. The summed E-state index contributed by atoms with van der Waals surface area (Å²) in [7, 11) is 0. The molecule has 1 aliphatic heterocycles. The van der Waals surface area contributed by atoms with Gasteiger partial charge >= 0.3 is 17.9 Å². The van der Waals surface area contributed by atoms with E-state index in [0.29, 0.717) is 5.75 Å². The van der Waals surface area contributed by atoms with Crippen molar-refractivity contribution in [2.75, 3.05) is 6.61 Å². The predicted molar refractivity (Wildman–Crippen MR) is 113 cm³/mol. The van der Waals surface area contributed by atoms with Crippen molar-refractivity contribution in [1.82, 2.24) is 0 Å². The van der Waals surface area contributed by atoms with Crippen LogP contribution in [0.15, 0.2) is 54.6 Å². The van der Waals surface area contributed by atoms with Crippen LogP contribution in [0.4, 0.5) is 0 Å². The average molecular weight is 442 g/mol. The summed E-state index contributed by atoms with van der Waals surface area (Å²) in [5, 5.41) is 0. The molecule has 0 amide bonds. The zero-order valence-corrected chi connectivity index (χ0v) is 18.2. The maximum Gasteiger partial charge on any atom is 0.303 e. The van der Waals surface area contributed by atoms with Crippen LogP contribution in [-0.2, 0) is 39.8 Å². The van der Waals surface area contributed by atoms with Crippen LogP contribution in [0.5, 0.6) is 5.75 Å². The van der Waals surface area contributed by atoms with E-state index in [1.54, 1.807) is 12.1 Å². The fraction of sp³-hybridized carbons (Fsp3) is 0.375. The lowest BCUT2D eigenvalue weighted by Gasteiger charge is -2.40. The van der Waals surface area contributed by atoms with E-state index in [9.17, 15) is 14.4 Å². The van der Waals surface area contributed by atoms with Gasteiger partial charge in [0.2, 0.25) is 12.4 Å². The van der Waals surface area contributed by atoms with E-state index < -0.39 is 42.5 Å². The van der Waals surface area contributed by atoms with E-state index in [-0.39, 0.29) is 6.61 Å². The van der Waals surface area contributed by atoms with Gasteiger partial charge < -0.3 is 23.7 Å². The molecule has 0 N–H and O–H groups in total. The van der Waals surface area contributed by atoms with Crippen molar-refractivity contribution in [3.05, 3.63) is 65.7 Å². The third-order valence-electron chi connectivity index (χ3n) is 4.73. The first-order valence-electron chi connectivity index (χ1n) is 10.2. The summed E-state index contributed by atoms with van der Waals surface area (Å²) in [6, 6.07) is 17.5. The zero-order chi connectivity index (χ0) is 23.1. The van der Waals surface area contributed by atoms with E-state index in [1.165, 1.54) is 26.3 Å². The van der Waals surface area contributed by atoms with Gasteiger partial charge in [0.25, 0.3) is 0 Å². The van der Waals surface area contributed by atoms with Gasteiger partial charge in [-0.05, 0) is 29.7 Å². The Labute approximate surface area is 186 Å². The molecule has 2 aromatic carbocycles. The van der Waals surface area contributed by atoms with Crippen molar-refractivity contribution in [2.45, 2.75) is 51.8 Å². The number of benzene rings is 2. The van der Waals surface area contributed by atoms with Crippen LogP contribution in [0.25, 0.3) is 0 Å². The lowest BCUT2D eigenvalue weighted by molar-refractivity contribution is -0.259. The second-order valence-corrected chi connectivity index (χ2v) is 7.42. The Bertz CT molecular complexity index is 925. The third-order valence-corrected chi connectivity index (χ3v) is 4.73. The maximum absolute atomic E-state index is 11.7. The molecule has 0 aromatic heterocycles. The summed E-state index contributed by atoms with van der Waals surface area (Å²) in [5.74, 6) is -1.33. The molecule has 1 aliphatic rings. The number of rotatable bonds is 7. The molecular formula is C24H26O8. The number of hydrogen-bond donors (Lipinski definition) is 0. The van der Waals surface area contributed by atoms with Gasteiger partial charge in [-0.25, -0.2) is 0 Å². The van der Waals surface area contributed by atoms with Crippen molar-refractivity contribution in [1.29, 1.82) is 0 Å². The Balaban J connectivity index is 1.75. The van der Waals surface area contributed by atoms with Gasteiger partial charge in [-0.2, -0.15) is 0 Å². The van der Waals surface area contributed by atoms with Crippen molar-refractivity contribution in [3.63, 3.8) is 0 Å². The van der Waals surface area contributed by atoms with Gasteiger partial charge in [0.15, 0.2) is 12.2 Å². The lowest BCUT2D eigenvalue weighted by Crippen LogP contribution is -2.59. The Morgan fingerprint density at radius 2 is 1.34 bits per heavy atom. The molecule has 0 unspecified atom stereocenters. The van der Waals surface area contributed by atoms with Crippen molar-refractivity contribution < 1.29 is 38.1 Å². The summed E-state index contributed by atoms with van der Waals surface area (Å²) in [4.78, 5) is 34.8. The third kappa shape index (κ3) is 6.55. The molecule has 1 saturated heterocycles. The fourth-order valence-corrected chi connectivity index (χ4v) is 3.46. The Morgan fingerprint density at radius 1 is 0.781 bits per heavy atom. The van der Waals surface area contributed by atoms with Crippen LogP contribution in [-0.4, -0.2) is 49.1 Å². The van der Waals surface area contributed by atoms with Crippen LogP contribution >= 0.6 is 0 Å². The molecule has 170 valence electrons. The highest BCUT2D eigenvalue weighted by molar-refractivity contribution is 5.68. The second-order valence-electron chi connectivity index (χ2n) is 7.42. The highest BCUT2D eigenvalue weighted by atomic mass is 16.7. The molecule has 3 rings (SSSR count). The van der Waals surface area contributed by atoms with Gasteiger partial charge in [0.05, 0.1) is 6.61 Å². The molecule has 8 nitrogen and oxygen atoms in total. The van der Waals surface area contributed by atoms with E-state index >= 15 is 0 Å². The van der Waals surface area contributed by atoms with Gasteiger partial charge in [0.1, 0.15) is 5.75 Å². The minimum absolute atomic E-state index is 0.0912. The van der Waals surface area contributed by atoms with Crippen molar-refractivity contribution >= 4 is 17.9 Å². The van der Waals surface area contributed by atoms with E-state index in [4.69, 9.17) is 23.7 Å². The van der Waals surface area contributed by atoms with Crippen LogP contribution in [0.2, 0.25) is 0 Å². The molecular weight excluding hydrogens is 416 g/mol. The van der Waals surface area contributed by atoms with Crippen molar-refractivity contribution in [3.8, 4) is 5.75 Å². The molecule has 1 fully saturated rings. The molecule has 0 aliphatic carbocycles. The molecule has 4 atom stereocenters. The van der Waals surface area contributed by atoms with Crippen LogP contribution in [0.3, 0.4) is 0 Å². The maximum atomic E-state index is 11.7. The van der Waals surface area contributed by atoms with E-state index in [1.807, 2.05) is 30.3 Å². The van der Waals surface area contributed by atoms with Gasteiger partial charge in [-0.1, -0.05) is 42.5 Å². The molecule has 1 heterocycles. The van der Waals surface area contributed by atoms with Gasteiger partial charge in [-0.3, -0.25) is 14.4 Å². The summed E-state index contributed by atoms with van der Waals surface area (Å²) >= 11 is 0. The van der Waals surface area contributed by atoms with E-state index in [0.717, 1.165) is 12.0 Å². The van der Waals surface area contributed by atoms with Gasteiger partial charge in [-0.15, -0.1) is 0 Å². The summed E-state index contributed by atoms with van der Waals surface area (Å²) in [6.07, 6.45) is -3.42. The second kappa shape index (κ2) is 10.8. The number of esters is 3. The van der Waals surface area contributed by atoms with E-state index in [2.05, 4.69) is 12.1 Å². The van der Waals surface area contributed by atoms with Crippen molar-refractivity contribution in [2.24, 2.45) is 0 Å². The predicted octanol–water partition coefficient (Wildman–Crippen LogP) is 2.81. The topological polar surface area (TPSA) is 97.4 Å². The quantitative estimate of drug-likeness (QED) is 0.477. The number of carbonyl (C=O) groups is 3.